The van der Waals surface area contributed by atoms with Crippen molar-refractivity contribution in [3.63, 3.8) is 0 Å². The van der Waals surface area contributed by atoms with E-state index >= 15 is 0 Å². The van der Waals surface area contributed by atoms with E-state index in [1.165, 1.54) is 13.0 Å². The van der Waals surface area contributed by atoms with Crippen LogP contribution >= 0.6 is 0 Å². The molecule has 2 rings (SSSR count). The molecule has 0 bridgehead atoms. The van der Waals surface area contributed by atoms with Crippen molar-refractivity contribution in [1.29, 1.82) is 0 Å². The second-order valence-electron chi connectivity index (χ2n) is 3.26. The summed E-state index contributed by atoms with van der Waals surface area (Å²) in [5, 5.41) is 12.7. The molecule has 1 unspecified atom stereocenters. The molecule has 84 valence electrons. The van der Waals surface area contributed by atoms with Gasteiger partial charge in [-0.3, -0.25) is 0 Å². The van der Waals surface area contributed by atoms with Crippen molar-refractivity contribution < 1.29 is 18.4 Å². The first-order valence-corrected chi connectivity index (χ1v) is 4.55. The van der Waals surface area contributed by atoms with Crippen LogP contribution in [0.1, 0.15) is 18.9 Å². The van der Waals surface area contributed by atoms with Crippen molar-refractivity contribution in [2.24, 2.45) is 0 Å². The Hall–Kier alpha value is -1.82. The fraction of sp³-hybridized carbons (Fsp3) is 0.200. The van der Waals surface area contributed by atoms with E-state index in [2.05, 4.69) is 10.1 Å². The highest BCUT2D eigenvalue weighted by atomic mass is 19.2. The molecular formula is C10H8F2N2O2. The summed E-state index contributed by atoms with van der Waals surface area (Å²) in [4.78, 5) is 3.83. The van der Waals surface area contributed by atoms with Gasteiger partial charge in [-0.15, -0.1) is 0 Å². The summed E-state index contributed by atoms with van der Waals surface area (Å²) < 4.78 is 30.4. The maximum absolute atomic E-state index is 12.9. The van der Waals surface area contributed by atoms with Gasteiger partial charge in [-0.2, -0.15) is 4.98 Å². The summed E-state index contributed by atoms with van der Waals surface area (Å²) in [7, 11) is 0. The molecule has 1 aromatic heterocycles. The number of aliphatic hydroxyl groups is 1. The van der Waals surface area contributed by atoms with Crippen molar-refractivity contribution in [2.45, 2.75) is 13.0 Å². The third-order valence-corrected chi connectivity index (χ3v) is 1.98. The average molecular weight is 226 g/mol. The lowest BCUT2D eigenvalue weighted by Crippen LogP contribution is -1.93. The Bertz CT molecular complexity index is 511. The number of nitrogens with zero attached hydrogens (tertiary/aromatic N) is 2. The summed E-state index contributed by atoms with van der Waals surface area (Å²) >= 11 is 0. The standard InChI is InChI=1S/C10H8F2N2O2/c1-5(15)9-13-10(16-14-9)6-2-3-7(11)8(12)4-6/h2-5,15H,1H3. The SMILES string of the molecule is CC(O)c1noc(-c2ccc(F)c(F)c2)n1. The van der Waals surface area contributed by atoms with Crippen molar-refractivity contribution in [2.75, 3.05) is 0 Å². The monoisotopic (exact) mass is 226 g/mol. The van der Waals surface area contributed by atoms with Crippen LogP contribution in [0.2, 0.25) is 0 Å². The lowest BCUT2D eigenvalue weighted by molar-refractivity contribution is 0.184. The van der Waals surface area contributed by atoms with E-state index in [1.54, 1.807) is 0 Å². The number of aromatic nitrogens is 2. The molecule has 0 aliphatic rings. The predicted octanol–water partition coefficient (Wildman–Crippen LogP) is 2.07. The quantitative estimate of drug-likeness (QED) is 0.851. The second kappa shape index (κ2) is 3.97. The molecule has 0 spiro atoms. The minimum atomic E-state index is -0.991. The molecule has 0 aliphatic carbocycles. The highest BCUT2D eigenvalue weighted by Gasteiger charge is 2.13. The fourth-order valence-corrected chi connectivity index (χ4v) is 1.15. The van der Waals surface area contributed by atoms with Gasteiger partial charge in [-0.1, -0.05) is 5.16 Å². The smallest absolute Gasteiger partial charge is 0.258 e. The molecule has 1 aromatic carbocycles. The van der Waals surface area contributed by atoms with Crippen molar-refractivity contribution in [3.05, 3.63) is 35.7 Å². The number of hydrogen-bond donors (Lipinski definition) is 1. The van der Waals surface area contributed by atoms with Gasteiger partial charge < -0.3 is 9.63 Å². The molecule has 1 N–H and O–H groups in total. The largest absolute Gasteiger partial charge is 0.385 e. The number of benzene rings is 1. The molecule has 1 atom stereocenters. The van der Waals surface area contributed by atoms with Gasteiger partial charge in [0.25, 0.3) is 5.89 Å². The van der Waals surface area contributed by atoms with Crippen LogP contribution in [0.15, 0.2) is 22.7 Å². The molecule has 0 aliphatic heterocycles. The summed E-state index contributed by atoms with van der Waals surface area (Å²) in [5.41, 5.74) is 0.262. The minimum absolute atomic E-state index is 0.0369. The maximum Gasteiger partial charge on any atom is 0.258 e. The Labute approximate surface area is 89.5 Å². The minimum Gasteiger partial charge on any atom is -0.385 e. The highest BCUT2D eigenvalue weighted by Crippen LogP contribution is 2.21. The van der Waals surface area contributed by atoms with Gasteiger partial charge in [0.2, 0.25) is 0 Å². The van der Waals surface area contributed by atoms with E-state index in [1.807, 2.05) is 0 Å². The molecule has 0 saturated carbocycles. The summed E-state index contributed by atoms with van der Waals surface area (Å²) in [6.07, 6.45) is -0.872. The lowest BCUT2D eigenvalue weighted by atomic mass is 10.2. The molecule has 16 heavy (non-hydrogen) atoms. The van der Waals surface area contributed by atoms with Crippen LogP contribution in [0.25, 0.3) is 11.5 Å². The predicted molar refractivity (Wildman–Crippen MR) is 50.3 cm³/mol. The number of halogens is 2. The molecule has 1 heterocycles. The Kier molecular flexibility index (Phi) is 2.66. The average Bonchev–Trinajstić information content (AvgIpc) is 2.71. The molecular weight excluding hydrogens is 218 g/mol. The lowest BCUT2D eigenvalue weighted by Gasteiger charge is -1.95. The third-order valence-electron chi connectivity index (χ3n) is 1.98. The Morgan fingerprint density at radius 1 is 1.31 bits per heavy atom. The van der Waals surface area contributed by atoms with E-state index in [9.17, 15) is 8.78 Å². The van der Waals surface area contributed by atoms with Crippen LogP contribution in [-0.2, 0) is 0 Å². The zero-order chi connectivity index (χ0) is 11.7. The normalized spacial score (nSPS) is 12.8. The van der Waals surface area contributed by atoms with Crippen molar-refractivity contribution >= 4 is 0 Å². The van der Waals surface area contributed by atoms with E-state index in [0.717, 1.165) is 12.1 Å². The van der Waals surface area contributed by atoms with Gasteiger partial charge in [0.1, 0.15) is 6.10 Å². The number of rotatable bonds is 2. The van der Waals surface area contributed by atoms with Crippen LogP contribution in [0, 0.1) is 11.6 Å². The second-order valence-corrected chi connectivity index (χ2v) is 3.26. The van der Waals surface area contributed by atoms with Crippen LogP contribution < -0.4 is 0 Å². The van der Waals surface area contributed by atoms with Crippen LogP contribution in [0.5, 0.6) is 0 Å². The Balaban J connectivity index is 2.39. The fourth-order valence-electron chi connectivity index (χ4n) is 1.15. The van der Waals surface area contributed by atoms with Gasteiger partial charge in [-0.25, -0.2) is 8.78 Å². The first-order chi connectivity index (χ1) is 7.58. The molecule has 0 radical (unpaired) electrons. The molecule has 0 saturated heterocycles. The summed E-state index contributed by atoms with van der Waals surface area (Å²) in [5.74, 6) is -1.80. The highest BCUT2D eigenvalue weighted by molar-refractivity contribution is 5.52. The van der Waals surface area contributed by atoms with Crippen LogP contribution in [0.3, 0.4) is 0 Å². The van der Waals surface area contributed by atoms with Crippen LogP contribution in [-0.4, -0.2) is 15.2 Å². The number of aliphatic hydroxyl groups excluding tert-OH is 1. The summed E-state index contributed by atoms with van der Waals surface area (Å²) in [6, 6.07) is 3.24. The van der Waals surface area contributed by atoms with Crippen LogP contribution in [0.4, 0.5) is 8.78 Å². The zero-order valence-corrected chi connectivity index (χ0v) is 8.32. The van der Waals surface area contributed by atoms with E-state index in [-0.39, 0.29) is 17.3 Å². The van der Waals surface area contributed by atoms with E-state index < -0.39 is 17.7 Å². The van der Waals surface area contributed by atoms with E-state index in [4.69, 9.17) is 9.63 Å². The van der Waals surface area contributed by atoms with Gasteiger partial charge in [-0.05, 0) is 25.1 Å². The zero-order valence-electron chi connectivity index (χ0n) is 8.32. The van der Waals surface area contributed by atoms with Gasteiger partial charge in [0, 0.05) is 5.56 Å². The Morgan fingerprint density at radius 3 is 2.62 bits per heavy atom. The topological polar surface area (TPSA) is 59.2 Å². The van der Waals surface area contributed by atoms with Crippen molar-refractivity contribution in [3.8, 4) is 11.5 Å². The first-order valence-electron chi connectivity index (χ1n) is 4.55. The molecule has 6 heteroatoms. The first kappa shape index (κ1) is 10.7. The summed E-state index contributed by atoms with van der Waals surface area (Å²) in [6.45, 7) is 1.47. The van der Waals surface area contributed by atoms with Gasteiger partial charge in [0.15, 0.2) is 17.5 Å². The third kappa shape index (κ3) is 1.92. The maximum atomic E-state index is 12.9. The van der Waals surface area contributed by atoms with Gasteiger partial charge >= 0.3 is 0 Å². The molecule has 2 aromatic rings. The molecule has 0 amide bonds. The molecule has 4 nitrogen and oxygen atoms in total. The van der Waals surface area contributed by atoms with E-state index in [0.29, 0.717) is 0 Å². The van der Waals surface area contributed by atoms with Gasteiger partial charge in [0.05, 0.1) is 0 Å². The number of hydrogen-bond acceptors (Lipinski definition) is 4. The molecule has 0 fully saturated rings. The van der Waals surface area contributed by atoms with Crippen molar-refractivity contribution in [1.82, 2.24) is 10.1 Å². The Morgan fingerprint density at radius 2 is 2.06 bits per heavy atom.